The lowest BCUT2D eigenvalue weighted by Crippen LogP contribution is -2.26. The number of hydrogen-bond acceptors (Lipinski definition) is 4. The van der Waals surface area contributed by atoms with Crippen molar-refractivity contribution in [3.05, 3.63) is 69.8 Å². The van der Waals surface area contributed by atoms with Gasteiger partial charge in [-0.2, -0.15) is 0 Å². The first-order valence-corrected chi connectivity index (χ1v) is 7.93. The van der Waals surface area contributed by atoms with Gasteiger partial charge >= 0.3 is 0 Å². The molecule has 6 heteroatoms. The van der Waals surface area contributed by atoms with Crippen LogP contribution in [0.4, 0.5) is 5.69 Å². The Labute approximate surface area is 132 Å². The first kappa shape index (κ1) is 16.0. The van der Waals surface area contributed by atoms with Crippen molar-refractivity contribution in [1.29, 1.82) is 0 Å². The average Bonchev–Trinajstić information content (AvgIpc) is 2.54. The van der Waals surface area contributed by atoms with Crippen LogP contribution >= 0.6 is 11.8 Å². The summed E-state index contributed by atoms with van der Waals surface area (Å²) in [6.07, 6.45) is 1.76. The van der Waals surface area contributed by atoms with E-state index in [4.69, 9.17) is 0 Å². The normalized spacial score (nSPS) is 11.7. The van der Waals surface area contributed by atoms with Gasteiger partial charge in [0.15, 0.2) is 0 Å². The van der Waals surface area contributed by atoms with E-state index in [0.717, 1.165) is 5.56 Å². The predicted molar refractivity (Wildman–Crippen MR) is 87.2 cm³/mol. The summed E-state index contributed by atoms with van der Waals surface area (Å²) in [5.74, 6) is -0.327. The molecule has 2 rings (SSSR count). The van der Waals surface area contributed by atoms with E-state index in [2.05, 4.69) is 5.32 Å². The van der Waals surface area contributed by atoms with E-state index in [0.29, 0.717) is 4.90 Å². The lowest BCUT2D eigenvalue weighted by molar-refractivity contribution is -0.387. The summed E-state index contributed by atoms with van der Waals surface area (Å²) in [5, 5.41) is 13.9. The molecule has 1 amide bonds. The maximum atomic E-state index is 12.3. The minimum atomic E-state index is -0.469. The van der Waals surface area contributed by atoms with Crippen molar-refractivity contribution >= 4 is 23.4 Å². The molecule has 0 saturated heterocycles. The van der Waals surface area contributed by atoms with E-state index in [-0.39, 0.29) is 23.2 Å². The molecular formula is C16H16N2O3S. The second-order valence-electron chi connectivity index (χ2n) is 4.75. The van der Waals surface area contributed by atoms with E-state index in [1.54, 1.807) is 18.4 Å². The summed E-state index contributed by atoms with van der Waals surface area (Å²) < 4.78 is 0. The molecule has 0 aliphatic carbocycles. The number of benzene rings is 2. The van der Waals surface area contributed by atoms with Crippen molar-refractivity contribution in [2.45, 2.75) is 17.9 Å². The van der Waals surface area contributed by atoms with Crippen molar-refractivity contribution in [1.82, 2.24) is 5.32 Å². The Bertz CT molecular complexity index is 689. The van der Waals surface area contributed by atoms with Crippen LogP contribution in [0.5, 0.6) is 0 Å². The van der Waals surface area contributed by atoms with E-state index < -0.39 is 4.92 Å². The number of nitrogens with zero attached hydrogens (tertiary/aromatic N) is 1. The summed E-state index contributed by atoms with van der Waals surface area (Å²) in [4.78, 5) is 23.4. The SMILES string of the molecule is CSc1ccc(C(=O)NC(C)c2ccccc2)cc1[N+](=O)[O-]. The predicted octanol–water partition coefficient (Wildman–Crippen LogP) is 3.81. The van der Waals surface area contributed by atoms with Crippen molar-refractivity contribution in [2.24, 2.45) is 0 Å². The second-order valence-corrected chi connectivity index (χ2v) is 5.60. The zero-order chi connectivity index (χ0) is 16.1. The Morgan fingerprint density at radius 3 is 2.50 bits per heavy atom. The van der Waals surface area contributed by atoms with Gasteiger partial charge in [0, 0.05) is 11.6 Å². The van der Waals surface area contributed by atoms with Gasteiger partial charge in [-0.05, 0) is 30.9 Å². The van der Waals surface area contributed by atoms with Crippen molar-refractivity contribution < 1.29 is 9.72 Å². The number of nitrogens with one attached hydrogen (secondary N) is 1. The number of hydrogen-bond donors (Lipinski definition) is 1. The summed E-state index contributed by atoms with van der Waals surface area (Å²) in [6, 6.07) is 13.9. The summed E-state index contributed by atoms with van der Waals surface area (Å²) in [5.41, 5.74) is 1.21. The largest absolute Gasteiger partial charge is 0.346 e. The van der Waals surface area contributed by atoms with Gasteiger partial charge in [-0.15, -0.1) is 11.8 Å². The maximum Gasteiger partial charge on any atom is 0.283 e. The Kier molecular flexibility index (Phi) is 5.16. The topological polar surface area (TPSA) is 72.2 Å². The molecule has 1 unspecified atom stereocenters. The van der Waals surface area contributed by atoms with Crippen LogP contribution in [0.2, 0.25) is 0 Å². The van der Waals surface area contributed by atoms with E-state index in [9.17, 15) is 14.9 Å². The Morgan fingerprint density at radius 1 is 1.23 bits per heavy atom. The molecule has 0 spiro atoms. The van der Waals surface area contributed by atoms with E-state index in [1.165, 1.54) is 17.8 Å². The number of amides is 1. The lowest BCUT2D eigenvalue weighted by atomic mass is 10.1. The van der Waals surface area contributed by atoms with Crippen LogP contribution in [-0.2, 0) is 0 Å². The fourth-order valence-corrected chi connectivity index (χ4v) is 2.63. The molecule has 0 saturated carbocycles. The highest BCUT2D eigenvalue weighted by Crippen LogP contribution is 2.28. The Hall–Kier alpha value is -2.34. The summed E-state index contributed by atoms with van der Waals surface area (Å²) in [7, 11) is 0. The van der Waals surface area contributed by atoms with Gasteiger partial charge in [0.25, 0.3) is 11.6 Å². The maximum absolute atomic E-state index is 12.3. The average molecular weight is 316 g/mol. The first-order chi connectivity index (χ1) is 10.5. The van der Waals surface area contributed by atoms with Crippen LogP contribution in [0.15, 0.2) is 53.4 Å². The third-order valence-corrected chi connectivity index (χ3v) is 4.07. The molecule has 0 aromatic heterocycles. The number of carbonyl (C=O) groups excluding carboxylic acids is 1. The van der Waals surface area contributed by atoms with Gasteiger partial charge < -0.3 is 5.32 Å². The number of carbonyl (C=O) groups is 1. The highest BCUT2D eigenvalue weighted by molar-refractivity contribution is 7.98. The third kappa shape index (κ3) is 3.65. The van der Waals surface area contributed by atoms with Gasteiger partial charge in [0.2, 0.25) is 0 Å². The van der Waals surface area contributed by atoms with Crippen LogP contribution in [0.25, 0.3) is 0 Å². The highest BCUT2D eigenvalue weighted by atomic mass is 32.2. The molecule has 0 aliphatic rings. The summed E-state index contributed by atoms with van der Waals surface area (Å²) >= 11 is 1.28. The fourth-order valence-electron chi connectivity index (χ4n) is 2.08. The van der Waals surface area contributed by atoms with Crippen molar-refractivity contribution in [3.63, 3.8) is 0 Å². The van der Waals surface area contributed by atoms with Gasteiger partial charge in [-0.3, -0.25) is 14.9 Å². The quantitative estimate of drug-likeness (QED) is 0.517. The monoisotopic (exact) mass is 316 g/mol. The zero-order valence-corrected chi connectivity index (χ0v) is 13.1. The smallest absolute Gasteiger partial charge is 0.283 e. The van der Waals surface area contributed by atoms with Crippen LogP contribution in [0.1, 0.15) is 28.9 Å². The van der Waals surface area contributed by atoms with E-state index in [1.807, 2.05) is 37.3 Å². The van der Waals surface area contributed by atoms with E-state index >= 15 is 0 Å². The molecule has 1 N–H and O–H groups in total. The molecule has 0 radical (unpaired) electrons. The van der Waals surface area contributed by atoms with Gasteiger partial charge in [0.05, 0.1) is 15.9 Å². The molecule has 22 heavy (non-hydrogen) atoms. The van der Waals surface area contributed by atoms with Crippen LogP contribution in [0, 0.1) is 10.1 Å². The third-order valence-electron chi connectivity index (χ3n) is 3.28. The number of rotatable bonds is 5. The number of thioether (sulfide) groups is 1. The first-order valence-electron chi connectivity index (χ1n) is 6.71. The minimum Gasteiger partial charge on any atom is -0.346 e. The molecule has 114 valence electrons. The molecule has 5 nitrogen and oxygen atoms in total. The highest BCUT2D eigenvalue weighted by Gasteiger charge is 2.18. The second kappa shape index (κ2) is 7.09. The molecule has 2 aromatic carbocycles. The van der Waals surface area contributed by atoms with Gasteiger partial charge in [-0.1, -0.05) is 30.3 Å². The number of nitro groups is 1. The molecular weight excluding hydrogens is 300 g/mol. The summed E-state index contributed by atoms with van der Waals surface area (Å²) in [6.45, 7) is 1.87. The lowest BCUT2D eigenvalue weighted by Gasteiger charge is -2.14. The van der Waals surface area contributed by atoms with Gasteiger partial charge in [0.1, 0.15) is 0 Å². The van der Waals surface area contributed by atoms with Crippen LogP contribution < -0.4 is 5.32 Å². The Morgan fingerprint density at radius 2 is 1.91 bits per heavy atom. The molecule has 2 aromatic rings. The molecule has 0 aliphatic heterocycles. The fraction of sp³-hybridized carbons (Fsp3) is 0.188. The number of nitro benzene ring substituents is 1. The van der Waals surface area contributed by atoms with Crippen LogP contribution in [0.3, 0.4) is 0 Å². The zero-order valence-electron chi connectivity index (χ0n) is 12.3. The molecule has 1 atom stereocenters. The van der Waals surface area contributed by atoms with Crippen molar-refractivity contribution in [3.8, 4) is 0 Å². The van der Waals surface area contributed by atoms with Crippen LogP contribution in [-0.4, -0.2) is 17.1 Å². The Balaban J connectivity index is 2.19. The molecule has 0 fully saturated rings. The van der Waals surface area contributed by atoms with Gasteiger partial charge in [-0.25, -0.2) is 0 Å². The molecule has 0 heterocycles. The van der Waals surface area contributed by atoms with Crippen molar-refractivity contribution in [2.75, 3.05) is 6.26 Å². The minimum absolute atomic E-state index is 0.0486. The standard InChI is InChI=1S/C16H16N2O3S/c1-11(12-6-4-3-5-7-12)17-16(19)13-8-9-15(22-2)14(10-13)18(20)21/h3-11H,1-2H3,(H,17,19). The molecule has 0 bridgehead atoms.